The molecule has 1 heterocycles. The van der Waals surface area contributed by atoms with Crippen molar-refractivity contribution in [2.75, 3.05) is 0 Å². The van der Waals surface area contributed by atoms with Gasteiger partial charge in [0.15, 0.2) is 0 Å². The van der Waals surface area contributed by atoms with Gasteiger partial charge in [0, 0.05) is 51.1 Å². The van der Waals surface area contributed by atoms with Crippen LogP contribution in [-0.4, -0.2) is 16.1 Å². The van der Waals surface area contributed by atoms with Gasteiger partial charge in [-0.15, -0.1) is 18.2 Å². The molecule has 0 aliphatic heterocycles. The molecule has 3 heteroatoms. The highest BCUT2D eigenvalue weighted by Gasteiger charge is 2.57. The number of H-pyrrole nitrogens is 1. The third kappa shape index (κ3) is 2.57. The monoisotopic (exact) mass is 395 g/mol. The highest BCUT2D eigenvalue weighted by Crippen LogP contribution is 2.60. The Morgan fingerprint density at radius 2 is 1.96 bits per heavy atom. The fraction of sp³-hybridized carbons (Fsp3) is 0.480. The fourth-order valence-electron chi connectivity index (χ4n) is 5.79. The average molecular weight is 396 g/mol. The maximum absolute atomic E-state index is 13.7. The fourth-order valence-corrected chi connectivity index (χ4v) is 6.21. The lowest BCUT2D eigenvalue weighted by molar-refractivity contribution is -0.129. The number of para-hydroxylation sites is 1. The Kier molecular flexibility index (Phi) is 4.43. The van der Waals surface area contributed by atoms with Crippen LogP contribution in [0.15, 0.2) is 49.1 Å². The Labute approximate surface area is 173 Å². The highest BCUT2D eigenvalue weighted by molar-refractivity contribution is 6.21. The lowest BCUT2D eigenvalue weighted by atomic mass is 9.55. The second-order valence-corrected chi connectivity index (χ2v) is 10.2. The highest BCUT2D eigenvalue weighted by atomic mass is 35.5. The van der Waals surface area contributed by atoms with Gasteiger partial charge in [0.05, 0.1) is 0 Å². The number of fused-ring (bicyclic) bond motifs is 5. The summed E-state index contributed by atoms with van der Waals surface area (Å²) in [5, 5.41) is 1.09. The number of carbonyl (C=O) groups excluding carboxylic acids is 1. The molecule has 0 bridgehead atoms. The topological polar surface area (TPSA) is 32.9 Å². The number of halogens is 1. The molecule has 1 aromatic carbocycles. The van der Waals surface area contributed by atoms with Crippen molar-refractivity contribution < 1.29 is 4.79 Å². The number of nitrogens with one attached hydrogen (secondary N) is 1. The first-order valence-electron chi connectivity index (χ1n) is 10.2. The lowest BCUT2D eigenvalue weighted by Gasteiger charge is -2.50. The molecule has 2 aliphatic rings. The second-order valence-electron chi connectivity index (χ2n) is 9.72. The van der Waals surface area contributed by atoms with Gasteiger partial charge < -0.3 is 4.98 Å². The number of allylic oxidation sites excluding steroid dienone is 2. The van der Waals surface area contributed by atoms with Crippen LogP contribution in [0.4, 0.5) is 0 Å². The summed E-state index contributed by atoms with van der Waals surface area (Å²) in [5.74, 6) is 0.345. The molecule has 2 aliphatic carbocycles. The minimum Gasteiger partial charge on any atom is -0.358 e. The molecule has 5 atom stereocenters. The van der Waals surface area contributed by atoms with Gasteiger partial charge in [0.25, 0.3) is 0 Å². The zero-order chi connectivity index (χ0) is 20.4. The van der Waals surface area contributed by atoms with E-state index in [1.165, 1.54) is 16.6 Å². The molecule has 0 spiro atoms. The number of alkyl halides is 1. The molecular formula is C25H30ClNO. The summed E-state index contributed by atoms with van der Waals surface area (Å²) >= 11 is 6.92. The van der Waals surface area contributed by atoms with Crippen LogP contribution in [0.25, 0.3) is 10.9 Å². The molecule has 0 amide bonds. The van der Waals surface area contributed by atoms with E-state index in [-0.39, 0.29) is 28.5 Å². The molecule has 2 nitrogen and oxygen atoms in total. The van der Waals surface area contributed by atoms with Crippen LogP contribution < -0.4 is 0 Å². The van der Waals surface area contributed by atoms with E-state index in [0.29, 0.717) is 12.2 Å². The summed E-state index contributed by atoms with van der Waals surface area (Å²) in [6.07, 6.45) is 3.25. The molecule has 1 N–H and O–H groups in total. The Morgan fingerprint density at radius 3 is 2.61 bits per heavy atom. The van der Waals surface area contributed by atoms with Crippen molar-refractivity contribution in [1.29, 1.82) is 0 Å². The molecule has 1 aromatic heterocycles. The molecule has 4 rings (SSSR count). The van der Waals surface area contributed by atoms with Crippen LogP contribution in [0.2, 0.25) is 0 Å². The van der Waals surface area contributed by atoms with Gasteiger partial charge >= 0.3 is 0 Å². The minimum atomic E-state index is -0.439. The third-order valence-corrected chi connectivity index (χ3v) is 8.04. The van der Waals surface area contributed by atoms with E-state index in [1.807, 2.05) is 6.08 Å². The van der Waals surface area contributed by atoms with Crippen molar-refractivity contribution in [3.8, 4) is 0 Å². The van der Waals surface area contributed by atoms with Crippen molar-refractivity contribution in [3.05, 3.63) is 60.3 Å². The standard InChI is InChI=1S/C25H30ClNO/c1-7-25(6)19(26)12-16(14(2)3)20-21-15-10-8-9-11-17(15)27-23(21)24(4,5)13-18(28)22(20)25/h7-11,16,19-20,22,27H,1-2,12-13H2,3-6H3/t16-,19-,20+,22-,25+/m1/s1. The molecular weight excluding hydrogens is 366 g/mol. The zero-order valence-corrected chi connectivity index (χ0v) is 18.1. The number of ketones is 1. The van der Waals surface area contributed by atoms with Gasteiger partial charge in [-0.1, -0.05) is 57.2 Å². The molecule has 0 unspecified atom stereocenters. The minimum absolute atomic E-state index is 0.0657. The first kappa shape index (κ1) is 19.5. The summed E-state index contributed by atoms with van der Waals surface area (Å²) in [6.45, 7) is 17.0. The number of rotatable bonds is 2. The number of carbonyl (C=O) groups is 1. The summed E-state index contributed by atoms with van der Waals surface area (Å²) < 4.78 is 0. The van der Waals surface area contributed by atoms with E-state index in [9.17, 15) is 4.79 Å². The van der Waals surface area contributed by atoms with E-state index >= 15 is 0 Å². The molecule has 1 saturated carbocycles. The van der Waals surface area contributed by atoms with Gasteiger partial charge in [-0.2, -0.15) is 0 Å². The largest absolute Gasteiger partial charge is 0.358 e. The van der Waals surface area contributed by atoms with E-state index < -0.39 is 5.41 Å². The van der Waals surface area contributed by atoms with Crippen LogP contribution in [0.1, 0.15) is 57.7 Å². The lowest BCUT2D eigenvalue weighted by Crippen LogP contribution is -2.49. The van der Waals surface area contributed by atoms with Gasteiger partial charge in [0.2, 0.25) is 0 Å². The first-order chi connectivity index (χ1) is 13.1. The van der Waals surface area contributed by atoms with E-state index in [2.05, 4.69) is 70.1 Å². The van der Waals surface area contributed by atoms with E-state index in [4.69, 9.17) is 11.6 Å². The number of benzene rings is 1. The van der Waals surface area contributed by atoms with Crippen LogP contribution in [-0.2, 0) is 10.2 Å². The maximum atomic E-state index is 13.7. The van der Waals surface area contributed by atoms with Gasteiger partial charge in [0.1, 0.15) is 5.78 Å². The predicted molar refractivity (Wildman–Crippen MR) is 118 cm³/mol. The van der Waals surface area contributed by atoms with Crippen molar-refractivity contribution in [3.63, 3.8) is 0 Å². The van der Waals surface area contributed by atoms with Crippen molar-refractivity contribution in [1.82, 2.24) is 4.98 Å². The number of hydrogen-bond acceptors (Lipinski definition) is 1. The Hall–Kier alpha value is -1.80. The van der Waals surface area contributed by atoms with Crippen LogP contribution in [0.5, 0.6) is 0 Å². The quantitative estimate of drug-likeness (QED) is 0.456. The van der Waals surface area contributed by atoms with Crippen LogP contribution in [0.3, 0.4) is 0 Å². The Morgan fingerprint density at radius 1 is 1.29 bits per heavy atom. The average Bonchev–Trinajstić information content (AvgIpc) is 2.99. The predicted octanol–water partition coefficient (Wildman–Crippen LogP) is 6.51. The SMILES string of the molecule is C=C[C@@]1(C)[C@H](Cl)C[C@H](C(=C)C)[C@H]2c3c([nH]c4ccccc34)C(C)(C)CC(=O)[C@H]21. The smallest absolute Gasteiger partial charge is 0.138 e. The molecule has 148 valence electrons. The summed E-state index contributed by atoms with van der Waals surface area (Å²) in [5.41, 5.74) is 4.04. The Bertz CT molecular complexity index is 984. The molecule has 1 fully saturated rings. The molecule has 0 radical (unpaired) electrons. The van der Waals surface area contributed by atoms with Crippen molar-refractivity contribution >= 4 is 28.3 Å². The van der Waals surface area contributed by atoms with Crippen molar-refractivity contribution in [2.45, 2.75) is 57.2 Å². The first-order valence-corrected chi connectivity index (χ1v) is 10.6. The van der Waals surface area contributed by atoms with Gasteiger partial charge in [-0.3, -0.25) is 4.79 Å². The van der Waals surface area contributed by atoms with E-state index in [0.717, 1.165) is 17.5 Å². The van der Waals surface area contributed by atoms with Gasteiger partial charge in [-0.05, 0) is 30.9 Å². The summed E-state index contributed by atoms with van der Waals surface area (Å²) in [4.78, 5) is 17.4. The number of aromatic amines is 1. The van der Waals surface area contributed by atoms with E-state index in [1.54, 1.807) is 0 Å². The third-order valence-electron chi connectivity index (χ3n) is 7.39. The number of aromatic nitrogens is 1. The molecule has 28 heavy (non-hydrogen) atoms. The van der Waals surface area contributed by atoms with Crippen LogP contribution in [0, 0.1) is 17.3 Å². The summed E-state index contributed by atoms with van der Waals surface area (Å²) in [6, 6.07) is 8.46. The number of Topliss-reactive ketones (excluding diaryl/α,β-unsaturated/α-hetero) is 1. The molecule has 0 saturated heterocycles. The van der Waals surface area contributed by atoms with Crippen LogP contribution >= 0.6 is 11.6 Å². The summed E-state index contributed by atoms with van der Waals surface area (Å²) in [7, 11) is 0. The zero-order valence-electron chi connectivity index (χ0n) is 17.3. The molecule has 2 aromatic rings. The second kappa shape index (κ2) is 6.35. The Balaban J connectivity index is 2.09. The van der Waals surface area contributed by atoms with Gasteiger partial charge in [-0.25, -0.2) is 0 Å². The van der Waals surface area contributed by atoms with Crippen molar-refractivity contribution in [2.24, 2.45) is 17.3 Å². The number of hydrogen-bond donors (Lipinski definition) is 1. The normalized spacial score (nSPS) is 34.4. The maximum Gasteiger partial charge on any atom is 0.138 e.